The van der Waals surface area contributed by atoms with Gasteiger partial charge < -0.3 is 16.0 Å². The molecule has 0 spiro atoms. The summed E-state index contributed by atoms with van der Waals surface area (Å²) >= 11 is 0. The van der Waals surface area contributed by atoms with E-state index in [0.29, 0.717) is 11.3 Å². The number of aryl methyl sites for hydroxylation is 2. The zero-order valence-electron chi connectivity index (χ0n) is 14.8. The van der Waals surface area contributed by atoms with Crippen LogP contribution in [0.4, 0.5) is 0 Å². The van der Waals surface area contributed by atoms with E-state index in [1.807, 2.05) is 24.2 Å². The van der Waals surface area contributed by atoms with Crippen molar-refractivity contribution in [2.24, 2.45) is 16.6 Å². The molecule has 0 bridgehead atoms. The molecule has 1 unspecified atom stereocenters. The minimum Gasteiger partial charge on any atom is -0.366 e. The van der Waals surface area contributed by atoms with Crippen molar-refractivity contribution in [3.05, 3.63) is 58.6 Å². The molecule has 1 aromatic carbocycles. The monoisotopic (exact) mass is 324 g/mol. The molecule has 3 rings (SSSR count). The number of hydrogen-bond acceptors (Lipinski definition) is 4. The van der Waals surface area contributed by atoms with E-state index in [2.05, 4.69) is 56.2 Å². The van der Waals surface area contributed by atoms with Crippen molar-refractivity contribution in [1.82, 2.24) is 10.2 Å². The minimum atomic E-state index is -0.677. The van der Waals surface area contributed by atoms with Crippen molar-refractivity contribution in [3.8, 4) is 0 Å². The Kier molecular flexibility index (Phi) is 3.74. The summed E-state index contributed by atoms with van der Waals surface area (Å²) in [7, 11) is 0. The molecule has 1 aromatic rings. The van der Waals surface area contributed by atoms with Gasteiger partial charge in [0.25, 0.3) is 0 Å². The van der Waals surface area contributed by atoms with Crippen LogP contribution in [0, 0.1) is 19.8 Å². The van der Waals surface area contributed by atoms with Gasteiger partial charge in [0, 0.05) is 12.4 Å². The van der Waals surface area contributed by atoms with Gasteiger partial charge in [0.15, 0.2) is 0 Å². The Balaban J connectivity index is 2.40. The number of nitrogens with zero attached hydrogens (tertiary/aromatic N) is 2. The molecule has 24 heavy (non-hydrogen) atoms. The van der Waals surface area contributed by atoms with E-state index in [-0.39, 0.29) is 5.92 Å². The van der Waals surface area contributed by atoms with Crippen LogP contribution < -0.4 is 11.1 Å². The molecule has 126 valence electrons. The number of carbonyl (C=O) groups excluding carboxylic acids is 1. The fourth-order valence-electron chi connectivity index (χ4n) is 4.05. The number of allylic oxidation sites excluding steroid dienone is 1. The Morgan fingerprint density at radius 1 is 1.21 bits per heavy atom. The number of benzene rings is 1. The van der Waals surface area contributed by atoms with E-state index < -0.39 is 11.4 Å². The molecule has 1 atom stereocenters. The second-order valence-electron chi connectivity index (χ2n) is 6.89. The van der Waals surface area contributed by atoms with Gasteiger partial charge in [-0.05, 0) is 32.3 Å². The maximum absolute atomic E-state index is 12.4. The number of fused-ring (bicyclic) bond motifs is 1. The summed E-state index contributed by atoms with van der Waals surface area (Å²) in [6.07, 6.45) is 3.78. The Hall–Kier alpha value is -2.56. The van der Waals surface area contributed by atoms with Gasteiger partial charge in [-0.25, -0.2) is 4.99 Å². The number of nitrogens with two attached hydrogens (primary N) is 1. The second kappa shape index (κ2) is 5.51. The van der Waals surface area contributed by atoms with Crippen LogP contribution in [-0.2, 0) is 10.3 Å². The van der Waals surface area contributed by atoms with Gasteiger partial charge in [-0.15, -0.1) is 0 Å². The van der Waals surface area contributed by atoms with Gasteiger partial charge in [-0.3, -0.25) is 4.79 Å². The Morgan fingerprint density at radius 2 is 1.83 bits per heavy atom. The topological polar surface area (TPSA) is 70.7 Å². The van der Waals surface area contributed by atoms with Gasteiger partial charge >= 0.3 is 0 Å². The number of carbonyl (C=O) groups is 1. The van der Waals surface area contributed by atoms with Crippen LogP contribution in [0.5, 0.6) is 0 Å². The molecule has 0 aromatic heterocycles. The van der Waals surface area contributed by atoms with Gasteiger partial charge in [0.2, 0.25) is 11.9 Å². The molecule has 0 saturated carbocycles. The van der Waals surface area contributed by atoms with Crippen LogP contribution in [0.15, 0.2) is 46.9 Å². The average molecular weight is 324 g/mol. The van der Waals surface area contributed by atoms with Crippen molar-refractivity contribution >= 4 is 11.9 Å². The minimum absolute atomic E-state index is 0.103. The first-order chi connectivity index (χ1) is 11.3. The number of primary amides is 1. The SMILES string of the molecule is CC1=C(C(N)=O)C(c2cc(C)cc(C)c2)(C(C)C)N2C=CNC2=N1. The van der Waals surface area contributed by atoms with Gasteiger partial charge in [-0.2, -0.15) is 0 Å². The number of aliphatic imine (C=N–C) groups is 1. The summed E-state index contributed by atoms with van der Waals surface area (Å²) in [5.74, 6) is 0.403. The maximum atomic E-state index is 12.4. The van der Waals surface area contributed by atoms with E-state index in [9.17, 15) is 4.79 Å². The van der Waals surface area contributed by atoms with E-state index in [4.69, 9.17) is 5.73 Å². The molecule has 3 N–H and O–H groups in total. The molecule has 0 radical (unpaired) electrons. The van der Waals surface area contributed by atoms with E-state index in [1.54, 1.807) is 0 Å². The smallest absolute Gasteiger partial charge is 0.249 e. The van der Waals surface area contributed by atoms with Crippen LogP contribution in [0.25, 0.3) is 0 Å². The number of hydrogen-bond donors (Lipinski definition) is 2. The lowest BCUT2D eigenvalue weighted by Gasteiger charge is -2.48. The molecule has 0 saturated heterocycles. The summed E-state index contributed by atoms with van der Waals surface area (Å²) in [5.41, 5.74) is 9.75. The van der Waals surface area contributed by atoms with Crippen molar-refractivity contribution in [3.63, 3.8) is 0 Å². The van der Waals surface area contributed by atoms with Crippen LogP contribution in [0.2, 0.25) is 0 Å². The molecule has 0 aliphatic carbocycles. The highest BCUT2D eigenvalue weighted by atomic mass is 16.1. The number of guanidine groups is 1. The largest absolute Gasteiger partial charge is 0.366 e. The lowest BCUT2D eigenvalue weighted by molar-refractivity contribution is -0.116. The molecule has 5 heteroatoms. The van der Waals surface area contributed by atoms with Gasteiger partial charge in [0.1, 0.15) is 5.54 Å². The lowest BCUT2D eigenvalue weighted by atomic mass is 9.70. The highest BCUT2D eigenvalue weighted by Gasteiger charge is 2.51. The van der Waals surface area contributed by atoms with Crippen LogP contribution in [-0.4, -0.2) is 16.8 Å². The van der Waals surface area contributed by atoms with E-state index in [0.717, 1.165) is 22.6 Å². The van der Waals surface area contributed by atoms with Crippen molar-refractivity contribution in [1.29, 1.82) is 0 Å². The zero-order valence-corrected chi connectivity index (χ0v) is 14.8. The molecule has 2 heterocycles. The summed E-state index contributed by atoms with van der Waals surface area (Å²) in [6.45, 7) is 10.2. The third-order valence-electron chi connectivity index (χ3n) is 4.80. The van der Waals surface area contributed by atoms with Crippen LogP contribution >= 0.6 is 0 Å². The normalized spacial score (nSPS) is 22.6. The standard InChI is InChI=1S/C19H24N4O/c1-11(2)19(15-9-12(3)8-13(4)10-15)16(17(20)24)14(5)22-18-21-6-7-23(18)19/h6-11H,1-5H3,(H2,20,24)(H,21,22). The summed E-state index contributed by atoms with van der Waals surface area (Å²) in [4.78, 5) is 19.0. The molecular formula is C19H24N4O. The van der Waals surface area contributed by atoms with Crippen LogP contribution in [0.1, 0.15) is 37.5 Å². The molecule has 2 aliphatic heterocycles. The quantitative estimate of drug-likeness (QED) is 0.898. The summed E-state index contributed by atoms with van der Waals surface area (Å²) in [5, 5.41) is 3.17. The van der Waals surface area contributed by atoms with Gasteiger partial charge in [0.05, 0.1) is 11.3 Å². The van der Waals surface area contributed by atoms with Crippen LogP contribution in [0.3, 0.4) is 0 Å². The fourth-order valence-corrected chi connectivity index (χ4v) is 4.05. The van der Waals surface area contributed by atoms with Crippen molar-refractivity contribution in [2.75, 3.05) is 0 Å². The second-order valence-corrected chi connectivity index (χ2v) is 6.89. The van der Waals surface area contributed by atoms with E-state index in [1.165, 1.54) is 0 Å². The highest BCUT2D eigenvalue weighted by Crippen LogP contribution is 2.47. The Labute approximate surface area is 142 Å². The molecule has 5 nitrogen and oxygen atoms in total. The zero-order chi connectivity index (χ0) is 17.6. The third kappa shape index (κ3) is 2.15. The maximum Gasteiger partial charge on any atom is 0.249 e. The van der Waals surface area contributed by atoms with Crippen molar-refractivity contribution in [2.45, 2.75) is 40.2 Å². The first kappa shape index (κ1) is 16.3. The molecule has 0 fully saturated rings. The number of amides is 1. The molecule has 2 aliphatic rings. The Morgan fingerprint density at radius 3 is 2.38 bits per heavy atom. The average Bonchev–Trinajstić information content (AvgIpc) is 2.91. The first-order valence-corrected chi connectivity index (χ1v) is 8.19. The predicted molar refractivity (Wildman–Crippen MR) is 95.9 cm³/mol. The first-order valence-electron chi connectivity index (χ1n) is 8.19. The van der Waals surface area contributed by atoms with Crippen molar-refractivity contribution < 1.29 is 4.79 Å². The van der Waals surface area contributed by atoms with Gasteiger partial charge in [-0.1, -0.05) is 43.2 Å². The highest BCUT2D eigenvalue weighted by molar-refractivity contribution is 6.00. The predicted octanol–water partition coefficient (Wildman–Crippen LogP) is 2.66. The number of rotatable bonds is 3. The molecular weight excluding hydrogens is 300 g/mol. The van der Waals surface area contributed by atoms with E-state index >= 15 is 0 Å². The third-order valence-corrected chi connectivity index (χ3v) is 4.80. The summed E-state index contributed by atoms with van der Waals surface area (Å²) in [6, 6.07) is 6.41. The Bertz CT molecular complexity index is 783. The summed E-state index contributed by atoms with van der Waals surface area (Å²) < 4.78 is 0. The number of nitrogens with one attached hydrogen (secondary N) is 1. The lowest BCUT2D eigenvalue weighted by Crippen LogP contribution is -2.56. The molecule has 1 amide bonds. The fraction of sp³-hybridized carbons (Fsp3) is 0.368.